The summed E-state index contributed by atoms with van der Waals surface area (Å²) in [6.45, 7) is 9.09. The second kappa shape index (κ2) is 9.12. The van der Waals surface area contributed by atoms with Crippen molar-refractivity contribution >= 4 is 38.5 Å². The maximum Gasteiger partial charge on any atom is 0.236 e. The van der Waals surface area contributed by atoms with E-state index in [9.17, 15) is 4.79 Å². The summed E-state index contributed by atoms with van der Waals surface area (Å²) in [7, 11) is 3.65. The number of benzene rings is 1. The molecule has 1 saturated heterocycles. The van der Waals surface area contributed by atoms with Crippen LogP contribution in [-0.2, 0) is 4.79 Å². The first kappa shape index (κ1) is 23.0. The van der Waals surface area contributed by atoms with Gasteiger partial charge in [-0.25, -0.2) is 9.97 Å². The monoisotopic (exact) mass is 475 g/mol. The summed E-state index contributed by atoms with van der Waals surface area (Å²) in [6, 6.07) is 9.07. The Labute approximate surface area is 205 Å². The Morgan fingerprint density at radius 2 is 2.00 bits per heavy atom. The number of hydrogen-bond acceptors (Lipinski definition) is 5. The highest BCUT2D eigenvalue weighted by Gasteiger charge is 2.24. The van der Waals surface area contributed by atoms with Crippen molar-refractivity contribution in [2.24, 2.45) is 0 Å². The van der Waals surface area contributed by atoms with Gasteiger partial charge in [0.05, 0.1) is 23.4 Å². The van der Waals surface area contributed by atoms with Gasteiger partial charge in [0.15, 0.2) is 0 Å². The molecule has 1 N–H and O–H groups in total. The van der Waals surface area contributed by atoms with Crippen molar-refractivity contribution in [3.8, 4) is 11.4 Å². The minimum Gasteiger partial charge on any atom is -0.353 e. The molecule has 0 aliphatic carbocycles. The van der Waals surface area contributed by atoms with E-state index in [2.05, 4.69) is 59.9 Å². The van der Waals surface area contributed by atoms with E-state index in [-0.39, 0.29) is 5.91 Å². The van der Waals surface area contributed by atoms with Crippen LogP contribution < -0.4 is 0 Å². The molecule has 0 bridgehead atoms. The number of aromatic amines is 1. The summed E-state index contributed by atoms with van der Waals surface area (Å²) < 4.78 is 0. The molecule has 0 spiro atoms. The number of nitrogens with one attached hydrogen (secondary N) is 1. The molecule has 0 atom stereocenters. The fraction of sp³-hybridized carbons (Fsp3) is 0.444. The molecule has 1 aliphatic heterocycles. The average Bonchev–Trinajstić information content (AvgIpc) is 3.44. The van der Waals surface area contributed by atoms with Crippen LogP contribution in [0.3, 0.4) is 0 Å². The van der Waals surface area contributed by atoms with Crippen molar-refractivity contribution in [3.63, 3.8) is 0 Å². The van der Waals surface area contributed by atoms with Crippen molar-refractivity contribution in [2.75, 3.05) is 33.7 Å². The van der Waals surface area contributed by atoms with Crippen LogP contribution in [0.2, 0.25) is 0 Å². The fourth-order valence-electron chi connectivity index (χ4n) is 5.18. The molecule has 0 radical (unpaired) electrons. The van der Waals surface area contributed by atoms with Gasteiger partial charge in [0.25, 0.3) is 0 Å². The summed E-state index contributed by atoms with van der Waals surface area (Å²) in [5.74, 6) is 1.08. The second-order valence-corrected chi connectivity index (χ2v) is 10.9. The van der Waals surface area contributed by atoms with E-state index in [0.717, 1.165) is 53.2 Å². The van der Waals surface area contributed by atoms with Crippen LogP contribution in [0.15, 0.2) is 29.8 Å². The number of rotatable bonds is 5. The number of likely N-dealkylation sites (N-methyl/N-ethyl adjacent to an activating group) is 1. The number of H-pyrrole nitrogens is 1. The summed E-state index contributed by atoms with van der Waals surface area (Å²) in [6.07, 6.45) is 2.17. The number of pyridine rings is 1. The Kier molecular flexibility index (Phi) is 6.16. The maximum absolute atomic E-state index is 12.1. The number of fused-ring (bicyclic) bond motifs is 2. The van der Waals surface area contributed by atoms with Gasteiger partial charge in [0.2, 0.25) is 5.91 Å². The highest BCUT2D eigenvalue weighted by molar-refractivity contribution is 7.16. The average molecular weight is 476 g/mol. The summed E-state index contributed by atoms with van der Waals surface area (Å²) in [5, 5.41) is 1.30. The van der Waals surface area contributed by atoms with Gasteiger partial charge in [-0.15, -0.1) is 11.3 Å². The molecule has 1 aromatic carbocycles. The first-order valence-electron chi connectivity index (χ1n) is 12.1. The van der Waals surface area contributed by atoms with E-state index in [0.29, 0.717) is 18.4 Å². The predicted octanol–water partition coefficient (Wildman–Crippen LogP) is 5.54. The largest absolute Gasteiger partial charge is 0.353 e. The van der Waals surface area contributed by atoms with Gasteiger partial charge in [-0.2, -0.15) is 0 Å². The number of nitrogens with zero attached hydrogens (tertiary/aromatic N) is 4. The van der Waals surface area contributed by atoms with Crippen LogP contribution >= 0.6 is 11.3 Å². The maximum atomic E-state index is 12.1. The molecule has 1 aliphatic rings. The summed E-state index contributed by atoms with van der Waals surface area (Å²) >= 11 is 1.59. The zero-order valence-corrected chi connectivity index (χ0v) is 21.5. The number of likely N-dealkylation sites (tertiary alicyclic amines) is 1. The molecule has 1 amide bonds. The lowest BCUT2D eigenvalue weighted by molar-refractivity contribution is -0.130. The molecule has 1 fully saturated rings. The number of carbonyl (C=O) groups is 1. The first-order valence-corrected chi connectivity index (χ1v) is 13.0. The fourth-order valence-corrected chi connectivity index (χ4v) is 5.91. The topological polar surface area (TPSA) is 65.1 Å². The molecule has 178 valence electrons. The van der Waals surface area contributed by atoms with Crippen LogP contribution in [0.25, 0.3) is 32.6 Å². The zero-order valence-electron chi connectivity index (χ0n) is 20.7. The quantitative estimate of drug-likeness (QED) is 0.412. The first-order chi connectivity index (χ1) is 16.3. The van der Waals surface area contributed by atoms with Crippen molar-refractivity contribution in [1.29, 1.82) is 0 Å². The van der Waals surface area contributed by atoms with Gasteiger partial charge in [-0.3, -0.25) is 9.69 Å². The van der Waals surface area contributed by atoms with Gasteiger partial charge in [-0.1, -0.05) is 19.9 Å². The van der Waals surface area contributed by atoms with E-state index in [1.54, 1.807) is 16.2 Å². The van der Waals surface area contributed by atoms with Gasteiger partial charge in [0, 0.05) is 25.0 Å². The Bertz CT molecular complexity index is 1340. The number of hydrogen-bond donors (Lipinski definition) is 1. The van der Waals surface area contributed by atoms with Crippen LogP contribution in [-0.4, -0.2) is 64.4 Å². The van der Waals surface area contributed by atoms with Crippen molar-refractivity contribution in [2.45, 2.75) is 45.4 Å². The normalized spacial score (nSPS) is 15.6. The number of amides is 1. The Balaban J connectivity index is 1.45. The van der Waals surface area contributed by atoms with Crippen molar-refractivity contribution in [1.82, 2.24) is 24.8 Å². The minimum absolute atomic E-state index is 0.182. The van der Waals surface area contributed by atoms with Crippen molar-refractivity contribution in [3.05, 3.63) is 46.5 Å². The Hall–Kier alpha value is -2.77. The number of aromatic nitrogens is 3. The van der Waals surface area contributed by atoms with Crippen LogP contribution in [0.5, 0.6) is 0 Å². The van der Waals surface area contributed by atoms with Crippen molar-refractivity contribution < 1.29 is 4.79 Å². The highest BCUT2D eigenvalue weighted by atomic mass is 32.1. The zero-order chi connectivity index (χ0) is 24.0. The predicted molar refractivity (Wildman–Crippen MR) is 141 cm³/mol. The lowest BCUT2D eigenvalue weighted by Gasteiger charge is -2.32. The lowest BCUT2D eigenvalue weighted by Crippen LogP contribution is -2.40. The smallest absolute Gasteiger partial charge is 0.236 e. The third kappa shape index (κ3) is 4.23. The van der Waals surface area contributed by atoms with E-state index in [1.165, 1.54) is 22.0 Å². The highest BCUT2D eigenvalue weighted by Crippen LogP contribution is 2.38. The summed E-state index contributed by atoms with van der Waals surface area (Å²) in [5.41, 5.74) is 10.1. The number of piperidine rings is 1. The van der Waals surface area contributed by atoms with E-state index in [1.807, 2.05) is 19.6 Å². The summed E-state index contributed by atoms with van der Waals surface area (Å²) in [4.78, 5) is 30.1. The molecule has 3 aromatic heterocycles. The van der Waals surface area contributed by atoms with E-state index in [4.69, 9.17) is 4.98 Å². The Morgan fingerprint density at radius 1 is 1.24 bits per heavy atom. The molecule has 34 heavy (non-hydrogen) atoms. The molecule has 6 nitrogen and oxygen atoms in total. The number of thiazole rings is 1. The van der Waals surface area contributed by atoms with Gasteiger partial charge < -0.3 is 9.88 Å². The molecule has 4 aromatic rings. The Morgan fingerprint density at radius 3 is 2.71 bits per heavy atom. The third-order valence-electron chi connectivity index (χ3n) is 7.11. The van der Waals surface area contributed by atoms with E-state index >= 15 is 0 Å². The molecule has 7 heteroatoms. The molecule has 0 saturated carbocycles. The molecular formula is C27H33N5OS. The van der Waals surface area contributed by atoms with Gasteiger partial charge in [0.1, 0.15) is 10.3 Å². The molecule has 5 rings (SSSR count). The van der Waals surface area contributed by atoms with E-state index < -0.39 is 0 Å². The van der Waals surface area contributed by atoms with Crippen LogP contribution in [0.1, 0.15) is 55.2 Å². The standard InChI is InChI=1S/C27H33N5OS/c1-16(2)24-20-13-19(18-8-10-32(11-9-18)14-23(33)31(4)5)6-7-21(20)29-26(24)22-12-17(3)25-27(30-22)34-15-28-25/h6-7,12-13,15-16,18,29H,8-11,14H2,1-5H3. The van der Waals surface area contributed by atoms with Gasteiger partial charge in [-0.05, 0) is 79.6 Å². The molecular weight excluding hydrogens is 442 g/mol. The second-order valence-electron chi connectivity index (χ2n) is 10.0. The number of aryl methyl sites for hydroxylation is 1. The minimum atomic E-state index is 0.182. The molecule has 0 unspecified atom stereocenters. The lowest BCUT2D eigenvalue weighted by atomic mass is 9.87. The third-order valence-corrected chi connectivity index (χ3v) is 7.83. The van der Waals surface area contributed by atoms with Crippen LogP contribution in [0, 0.1) is 6.92 Å². The number of carbonyl (C=O) groups excluding carboxylic acids is 1. The van der Waals surface area contributed by atoms with Crippen LogP contribution in [0.4, 0.5) is 0 Å². The molecule has 4 heterocycles. The SMILES string of the molecule is Cc1cc(-c2[nH]c3ccc(C4CCN(CC(=O)N(C)C)CC4)cc3c2C(C)C)nc2scnc12. The van der Waals surface area contributed by atoms with Gasteiger partial charge >= 0.3 is 0 Å².